The number of rotatable bonds is 5. The maximum absolute atomic E-state index is 13.2. The molecule has 1 atom stereocenters. The predicted molar refractivity (Wildman–Crippen MR) is 88.4 cm³/mol. The molecule has 2 rings (SSSR count). The van der Waals surface area contributed by atoms with Gasteiger partial charge in [0.15, 0.2) is 0 Å². The number of imide groups is 1. The third kappa shape index (κ3) is 4.70. The van der Waals surface area contributed by atoms with Crippen LogP contribution in [-0.2, 0) is 4.79 Å². The zero-order valence-corrected chi connectivity index (χ0v) is 13.6. The first-order valence-corrected chi connectivity index (χ1v) is 7.64. The van der Waals surface area contributed by atoms with Gasteiger partial charge in [-0.25, -0.2) is 9.18 Å². The van der Waals surface area contributed by atoms with Crippen LogP contribution in [0.4, 0.5) is 9.18 Å². The Labute approximate surface area is 143 Å². The quantitative estimate of drug-likeness (QED) is 0.868. The van der Waals surface area contributed by atoms with Crippen molar-refractivity contribution in [3.05, 3.63) is 64.9 Å². The summed E-state index contributed by atoms with van der Waals surface area (Å²) in [4.78, 5) is 24.0. The van der Waals surface area contributed by atoms with Gasteiger partial charge >= 0.3 is 6.03 Å². The molecule has 0 saturated heterocycles. The second-order valence-electron chi connectivity index (χ2n) is 4.83. The van der Waals surface area contributed by atoms with Crippen LogP contribution < -0.4 is 15.4 Å². The van der Waals surface area contributed by atoms with Crippen LogP contribution in [-0.4, -0.2) is 18.5 Å². The molecule has 3 amide bonds. The lowest BCUT2D eigenvalue weighted by Crippen LogP contribution is -2.42. The van der Waals surface area contributed by atoms with Gasteiger partial charge in [-0.15, -0.1) is 0 Å². The SMILES string of the molecule is CCNC(=O)NC(=O)[C@@H](Oc1ccc(F)cc1Cl)c1ccccc1. The van der Waals surface area contributed by atoms with Crippen LogP contribution in [0.5, 0.6) is 5.75 Å². The molecule has 2 N–H and O–H groups in total. The number of nitrogens with one attached hydrogen (secondary N) is 2. The highest BCUT2D eigenvalue weighted by Gasteiger charge is 2.25. The molecule has 2 aromatic rings. The Balaban J connectivity index is 2.26. The summed E-state index contributed by atoms with van der Waals surface area (Å²) in [6.45, 7) is 2.10. The monoisotopic (exact) mass is 350 g/mol. The van der Waals surface area contributed by atoms with Gasteiger partial charge in [0.1, 0.15) is 11.6 Å². The third-order valence-corrected chi connectivity index (χ3v) is 3.35. The largest absolute Gasteiger partial charge is 0.474 e. The number of ether oxygens (including phenoxy) is 1. The van der Waals surface area contributed by atoms with Gasteiger partial charge in [-0.2, -0.15) is 0 Å². The number of carbonyl (C=O) groups excluding carboxylic acids is 2. The lowest BCUT2D eigenvalue weighted by Gasteiger charge is -2.19. The lowest BCUT2D eigenvalue weighted by atomic mass is 10.1. The van der Waals surface area contributed by atoms with E-state index in [4.69, 9.17) is 16.3 Å². The Bertz CT molecular complexity index is 725. The summed E-state index contributed by atoms with van der Waals surface area (Å²) in [7, 11) is 0. The molecule has 0 aliphatic rings. The van der Waals surface area contributed by atoms with Gasteiger partial charge in [-0.05, 0) is 25.1 Å². The molecular weight excluding hydrogens is 335 g/mol. The van der Waals surface area contributed by atoms with Crippen LogP contribution in [0.2, 0.25) is 5.02 Å². The van der Waals surface area contributed by atoms with Crippen molar-refractivity contribution in [2.24, 2.45) is 0 Å². The second-order valence-corrected chi connectivity index (χ2v) is 5.24. The van der Waals surface area contributed by atoms with Crippen LogP contribution in [0.25, 0.3) is 0 Å². The Kier molecular flexibility index (Phi) is 6.14. The molecule has 2 aromatic carbocycles. The van der Waals surface area contributed by atoms with E-state index in [1.807, 2.05) is 0 Å². The highest BCUT2D eigenvalue weighted by molar-refractivity contribution is 6.32. The molecule has 5 nitrogen and oxygen atoms in total. The predicted octanol–water partition coefficient (Wildman–Crippen LogP) is 3.44. The summed E-state index contributed by atoms with van der Waals surface area (Å²) in [5.41, 5.74) is 0.527. The summed E-state index contributed by atoms with van der Waals surface area (Å²) >= 11 is 5.95. The molecule has 0 bridgehead atoms. The molecule has 7 heteroatoms. The summed E-state index contributed by atoms with van der Waals surface area (Å²) in [5.74, 6) is -1.04. The zero-order valence-electron chi connectivity index (χ0n) is 12.9. The Morgan fingerprint density at radius 3 is 2.54 bits per heavy atom. The molecule has 0 spiro atoms. The average molecular weight is 351 g/mol. The van der Waals surface area contributed by atoms with Crippen LogP contribution in [0.1, 0.15) is 18.6 Å². The van der Waals surface area contributed by atoms with E-state index in [0.717, 1.165) is 6.07 Å². The third-order valence-electron chi connectivity index (χ3n) is 3.05. The van der Waals surface area contributed by atoms with Crippen molar-refractivity contribution in [1.29, 1.82) is 0 Å². The summed E-state index contributed by atoms with van der Waals surface area (Å²) in [6.07, 6.45) is -1.11. The maximum Gasteiger partial charge on any atom is 0.321 e. The van der Waals surface area contributed by atoms with E-state index in [2.05, 4.69) is 10.6 Å². The molecule has 126 valence electrons. The fraction of sp³-hybridized carbons (Fsp3) is 0.176. The minimum Gasteiger partial charge on any atom is -0.474 e. The zero-order chi connectivity index (χ0) is 17.5. The van der Waals surface area contributed by atoms with Gasteiger partial charge in [-0.1, -0.05) is 41.9 Å². The highest BCUT2D eigenvalue weighted by atomic mass is 35.5. The average Bonchev–Trinajstić information content (AvgIpc) is 2.55. The molecule has 0 heterocycles. The summed E-state index contributed by atoms with van der Waals surface area (Å²) < 4.78 is 18.8. The molecule has 0 unspecified atom stereocenters. The van der Waals surface area contributed by atoms with Crippen molar-refractivity contribution in [3.8, 4) is 5.75 Å². The fourth-order valence-electron chi connectivity index (χ4n) is 1.98. The number of hydrogen-bond acceptors (Lipinski definition) is 3. The van der Waals surface area contributed by atoms with Gasteiger partial charge in [0, 0.05) is 12.1 Å². The molecular formula is C17H16ClFN2O3. The fourth-order valence-corrected chi connectivity index (χ4v) is 2.19. The highest BCUT2D eigenvalue weighted by Crippen LogP contribution is 2.29. The Hall–Kier alpha value is -2.60. The number of benzene rings is 2. The number of halogens is 2. The first kappa shape index (κ1) is 17.7. The van der Waals surface area contributed by atoms with Crippen LogP contribution in [0.15, 0.2) is 48.5 Å². The van der Waals surface area contributed by atoms with Crippen molar-refractivity contribution < 1.29 is 18.7 Å². The van der Waals surface area contributed by atoms with Gasteiger partial charge in [0.2, 0.25) is 6.10 Å². The maximum atomic E-state index is 13.2. The smallest absolute Gasteiger partial charge is 0.321 e. The van der Waals surface area contributed by atoms with Crippen molar-refractivity contribution in [3.63, 3.8) is 0 Å². The van der Waals surface area contributed by atoms with E-state index < -0.39 is 23.9 Å². The van der Waals surface area contributed by atoms with Crippen LogP contribution in [0, 0.1) is 5.82 Å². The number of amides is 3. The molecule has 0 fully saturated rings. The number of carbonyl (C=O) groups is 2. The normalized spacial score (nSPS) is 11.5. The van der Waals surface area contributed by atoms with Gasteiger partial charge in [0.25, 0.3) is 5.91 Å². The molecule has 0 aromatic heterocycles. The molecule has 0 aliphatic heterocycles. The van der Waals surface area contributed by atoms with Crippen LogP contribution in [0.3, 0.4) is 0 Å². The standard InChI is InChI=1S/C17H16ClFN2O3/c1-2-20-17(23)21-16(22)15(11-6-4-3-5-7-11)24-14-9-8-12(19)10-13(14)18/h3-10,15H,2H2,1H3,(H2,20,21,22,23)/t15-/m0/s1. The number of hydrogen-bond donors (Lipinski definition) is 2. The topological polar surface area (TPSA) is 67.4 Å². The van der Waals surface area contributed by atoms with E-state index >= 15 is 0 Å². The van der Waals surface area contributed by atoms with E-state index in [9.17, 15) is 14.0 Å². The Morgan fingerprint density at radius 2 is 1.92 bits per heavy atom. The van der Waals surface area contributed by atoms with Crippen molar-refractivity contribution >= 4 is 23.5 Å². The summed E-state index contributed by atoms with van der Waals surface area (Å²) in [6, 6.07) is 11.6. The second kappa shape index (κ2) is 8.31. The van der Waals surface area contributed by atoms with E-state index in [-0.39, 0.29) is 10.8 Å². The van der Waals surface area contributed by atoms with E-state index in [1.165, 1.54) is 12.1 Å². The Morgan fingerprint density at radius 1 is 1.21 bits per heavy atom. The molecule has 0 aliphatic carbocycles. The molecule has 24 heavy (non-hydrogen) atoms. The first-order valence-electron chi connectivity index (χ1n) is 7.26. The van der Waals surface area contributed by atoms with Gasteiger partial charge in [-0.3, -0.25) is 10.1 Å². The first-order chi connectivity index (χ1) is 11.5. The van der Waals surface area contributed by atoms with Crippen molar-refractivity contribution in [1.82, 2.24) is 10.6 Å². The van der Waals surface area contributed by atoms with Gasteiger partial charge < -0.3 is 10.1 Å². The minimum absolute atomic E-state index is 0.0294. The van der Waals surface area contributed by atoms with Crippen molar-refractivity contribution in [2.45, 2.75) is 13.0 Å². The van der Waals surface area contributed by atoms with Gasteiger partial charge in [0.05, 0.1) is 5.02 Å². The summed E-state index contributed by atoms with van der Waals surface area (Å²) in [5, 5.41) is 4.69. The lowest BCUT2D eigenvalue weighted by molar-refractivity contribution is -0.127. The van der Waals surface area contributed by atoms with E-state index in [1.54, 1.807) is 37.3 Å². The molecule has 0 saturated carbocycles. The molecule has 0 radical (unpaired) electrons. The number of urea groups is 1. The minimum atomic E-state index is -1.11. The van der Waals surface area contributed by atoms with E-state index in [0.29, 0.717) is 12.1 Å². The van der Waals surface area contributed by atoms with Crippen LogP contribution >= 0.6 is 11.6 Å². The van der Waals surface area contributed by atoms with Crippen molar-refractivity contribution in [2.75, 3.05) is 6.54 Å².